The minimum absolute atomic E-state index is 0.671. The Bertz CT molecular complexity index is 3930. The van der Waals surface area contributed by atoms with E-state index in [0.29, 0.717) is 5.82 Å². The largest absolute Gasteiger partial charge is 0.456 e. The molecule has 0 spiro atoms. The summed E-state index contributed by atoms with van der Waals surface area (Å²) in [6, 6.07) is 87.4. The van der Waals surface area contributed by atoms with Gasteiger partial charge in [0, 0.05) is 54.7 Å². The molecule has 0 unspecified atom stereocenters. The highest BCUT2D eigenvalue weighted by molar-refractivity contribution is 6.27. The monoisotopic (exact) mass is 879 g/mol. The van der Waals surface area contributed by atoms with Gasteiger partial charge in [-0.3, -0.25) is 0 Å². The van der Waals surface area contributed by atoms with Crippen LogP contribution in [-0.2, 0) is 0 Å². The van der Waals surface area contributed by atoms with Crippen molar-refractivity contribution in [1.29, 1.82) is 0 Å². The SMILES string of the molecule is c1ccc(-c2ccc(-c3cc(-c4cccc(-c5cccc(-c6nc7ccccc7c7c(-c8ccccc8)c8c(cc67)oc6ccccc68)c5)c4)nc(-c4ccc(-c5ccccc5)cc4)n3)cc2)cc1. The van der Waals surface area contributed by atoms with Crippen LogP contribution in [0.2, 0.25) is 0 Å². The van der Waals surface area contributed by atoms with Crippen molar-refractivity contribution >= 4 is 43.6 Å². The second-order valence-electron chi connectivity index (χ2n) is 17.5. The van der Waals surface area contributed by atoms with Crippen LogP contribution in [0.25, 0.3) is 133 Å². The molecular formula is C65H41N3O. The topological polar surface area (TPSA) is 51.8 Å². The van der Waals surface area contributed by atoms with E-state index in [9.17, 15) is 0 Å². The minimum atomic E-state index is 0.671. The Hall–Kier alpha value is -9.25. The molecule has 0 aliphatic rings. The smallest absolute Gasteiger partial charge is 0.160 e. The van der Waals surface area contributed by atoms with Gasteiger partial charge >= 0.3 is 0 Å². The number of pyridine rings is 1. The zero-order valence-electron chi connectivity index (χ0n) is 37.4. The molecule has 0 aliphatic carbocycles. The van der Waals surface area contributed by atoms with Crippen molar-refractivity contribution in [2.75, 3.05) is 0 Å². The van der Waals surface area contributed by atoms with Crippen LogP contribution in [0.15, 0.2) is 253 Å². The van der Waals surface area contributed by atoms with Crippen LogP contribution < -0.4 is 0 Å². The average Bonchev–Trinajstić information content (AvgIpc) is 3.81. The molecule has 0 radical (unpaired) electrons. The summed E-state index contributed by atoms with van der Waals surface area (Å²) in [4.78, 5) is 15.9. The number of rotatable bonds is 8. The van der Waals surface area contributed by atoms with Gasteiger partial charge in [0.15, 0.2) is 5.82 Å². The van der Waals surface area contributed by atoms with Crippen molar-refractivity contribution < 1.29 is 4.42 Å². The summed E-state index contributed by atoms with van der Waals surface area (Å²) in [6.45, 7) is 0. The Kier molecular flexibility index (Phi) is 9.80. The first-order chi connectivity index (χ1) is 34.2. The molecule has 0 saturated carbocycles. The number of furan rings is 1. The van der Waals surface area contributed by atoms with Gasteiger partial charge in [-0.2, -0.15) is 0 Å². The maximum Gasteiger partial charge on any atom is 0.160 e. The summed E-state index contributed by atoms with van der Waals surface area (Å²) in [5.41, 5.74) is 18.3. The van der Waals surface area contributed by atoms with Crippen LogP contribution in [0, 0.1) is 0 Å². The Labute approximate surface area is 399 Å². The van der Waals surface area contributed by atoms with Crippen LogP contribution >= 0.6 is 0 Å². The molecule has 0 fully saturated rings. The van der Waals surface area contributed by atoms with Gasteiger partial charge in [-0.1, -0.05) is 212 Å². The van der Waals surface area contributed by atoms with Crippen LogP contribution in [0.3, 0.4) is 0 Å². The molecule has 3 heterocycles. The predicted molar refractivity (Wildman–Crippen MR) is 286 cm³/mol. The number of hydrogen-bond acceptors (Lipinski definition) is 4. The molecule has 0 N–H and O–H groups in total. The first kappa shape index (κ1) is 40.1. The molecule has 4 heteroatoms. The standard InChI is InChI=1S/C65H41N3O/c1-4-16-42(17-5-1)44-30-34-46(35-31-44)57-41-58(68-65(67-57)48-36-32-45(33-37-48)43-18-6-2-7-19-43)51-24-14-22-49(38-51)50-23-15-25-52(39-50)64-55-40-60-63(54-27-11-13-29-59(54)69-60)61(47-20-8-3-9-21-47)62(55)53-26-10-12-28-56(53)66-64/h1-41H. The number of hydrogen-bond donors (Lipinski definition) is 0. The number of nitrogens with zero attached hydrogens (tertiary/aromatic N) is 3. The van der Waals surface area contributed by atoms with Crippen molar-refractivity contribution in [3.05, 3.63) is 249 Å². The number of fused-ring (bicyclic) bond motifs is 6. The molecule has 322 valence electrons. The summed E-state index contributed by atoms with van der Waals surface area (Å²) in [7, 11) is 0. The van der Waals surface area contributed by atoms with E-state index in [2.05, 4.69) is 231 Å². The van der Waals surface area contributed by atoms with Crippen molar-refractivity contribution in [1.82, 2.24) is 15.0 Å². The summed E-state index contributed by atoms with van der Waals surface area (Å²) in [5, 5.41) is 5.52. The van der Waals surface area contributed by atoms with Crippen LogP contribution in [-0.4, -0.2) is 15.0 Å². The lowest BCUT2D eigenvalue weighted by atomic mass is 9.89. The van der Waals surface area contributed by atoms with E-state index in [4.69, 9.17) is 19.4 Å². The lowest BCUT2D eigenvalue weighted by molar-refractivity contribution is 0.669. The molecule has 0 amide bonds. The lowest BCUT2D eigenvalue weighted by Crippen LogP contribution is -1.96. The first-order valence-corrected chi connectivity index (χ1v) is 23.3. The van der Waals surface area contributed by atoms with E-state index in [-0.39, 0.29) is 0 Å². The normalized spacial score (nSPS) is 11.5. The van der Waals surface area contributed by atoms with Gasteiger partial charge in [-0.05, 0) is 75.3 Å². The van der Waals surface area contributed by atoms with Gasteiger partial charge in [-0.15, -0.1) is 0 Å². The highest BCUT2D eigenvalue weighted by atomic mass is 16.3. The van der Waals surface area contributed by atoms with Crippen LogP contribution in [0.4, 0.5) is 0 Å². The molecule has 0 saturated heterocycles. The molecule has 0 bridgehead atoms. The van der Waals surface area contributed by atoms with Gasteiger partial charge in [-0.25, -0.2) is 15.0 Å². The van der Waals surface area contributed by atoms with Crippen molar-refractivity contribution in [3.63, 3.8) is 0 Å². The third-order valence-corrected chi connectivity index (χ3v) is 13.3. The molecule has 0 aliphatic heterocycles. The fourth-order valence-corrected chi connectivity index (χ4v) is 9.91. The van der Waals surface area contributed by atoms with Crippen molar-refractivity contribution in [2.24, 2.45) is 0 Å². The molecule has 0 atom stereocenters. The molecule has 10 aromatic carbocycles. The van der Waals surface area contributed by atoms with Crippen LogP contribution in [0.1, 0.15) is 0 Å². The molecule has 3 aromatic heterocycles. The fourth-order valence-electron chi connectivity index (χ4n) is 9.91. The van der Waals surface area contributed by atoms with Crippen molar-refractivity contribution in [2.45, 2.75) is 0 Å². The Morgan fingerprint density at radius 3 is 1.41 bits per heavy atom. The quantitative estimate of drug-likeness (QED) is 0.143. The average molecular weight is 880 g/mol. The van der Waals surface area contributed by atoms with Crippen LogP contribution in [0.5, 0.6) is 0 Å². The maximum atomic E-state index is 6.66. The lowest BCUT2D eigenvalue weighted by Gasteiger charge is -2.16. The minimum Gasteiger partial charge on any atom is -0.456 e. The Balaban J connectivity index is 0.942. The van der Waals surface area contributed by atoms with Gasteiger partial charge in [0.1, 0.15) is 11.2 Å². The maximum absolute atomic E-state index is 6.66. The third-order valence-electron chi connectivity index (χ3n) is 13.3. The summed E-state index contributed by atoms with van der Waals surface area (Å²) in [5.74, 6) is 0.671. The van der Waals surface area contributed by atoms with E-state index in [0.717, 1.165) is 116 Å². The number of para-hydroxylation sites is 2. The van der Waals surface area contributed by atoms with E-state index >= 15 is 0 Å². The van der Waals surface area contributed by atoms with Gasteiger partial charge < -0.3 is 4.42 Å². The van der Waals surface area contributed by atoms with Gasteiger partial charge in [0.2, 0.25) is 0 Å². The number of benzene rings is 10. The molecule has 4 nitrogen and oxygen atoms in total. The fraction of sp³-hybridized carbons (Fsp3) is 0. The summed E-state index contributed by atoms with van der Waals surface area (Å²) < 4.78 is 6.66. The zero-order valence-corrected chi connectivity index (χ0v) is 37.4. The number of aromatic nitrogens is 3. The molecule has 13 aromatic rings. The summed E-state index contributed by atoms with van der Waals surface area (Å²) >= 11 is 0. The second kappa shape index (κ2) is 16.9. The second-order valence-corrected chi connectivity index (χ2v) is 17.5. The molecule has 13 rings (SSSR count). The first-order valence-electron chi connectivity index (χ1n) is 23.3. The van der Waals surface area contributed by atoms with Crippen molar-refractivity contribution in [3.8, 4) is 89.7 Å². The zero-order chi connectivity index (χ0) is 45.7. The highest BCUT2D eigenvalue weighted by Crippen LogP contribution is 2.46. The van der Waals surface area contributed by atoms with E-state index < -0.39 is 0 Å². The molecule has 69 heavy (non-hydrogen) atoms. The van der Waals surface area contributed by atoms with E-state index in [1.807, 2.05) is 18.2 Å². The predicted octanol–water partition coefficient (Wildman–Crippen LogP) is 17.4. The Morgan fingerprint density at radius 1 is 0.261 bits per heavy atom. The highest BCUT2D eigenvalue weighted by Gasteiger charge is 2.22. The summed E-state index contributed by atoms with van der Waals surface area (Å²) in [6.07, 6.45) is 0. The van der Waals surface area contributed by atoms with Gasteiger partial charge in [0.25, 0.3) is 0 Å². The third kappa shape index (κ3) is 7.32. The Morgan fingerprint density at radius 2 is 0.739 bits per heavy atom. The van der Waals surface area contributed by atoms with E-state index in [1.165, 1.54) is 11.1 Å². The van der Waals surface area contributed by atoms with Gasteiger partial charge in [0.05, 0.1) is 22.6 Å². The van der Waals surface area contributed by atoms with E-state index in [1.54, 1.807) is 0 Å². The molecular weight excluding hydrogens is 839 g/mol.